The third-order valence-corrected chi connectivity index (χ3v) is 4.94. The van der Waals surface area contributed by atoms with E-state index in [1.807, 2.05) is 18.2 Å². The summed E-state index contributed by atoms with van der Waals surface area (Å²) in [5.41, 5.74) is 2.40. The van der Waals surface area contributed by atoms with Gasteiger partial charge in [-0.05, 0) is 35.4 Å². The van der Waals surface area contributed by atoms with E-state index in [0.717, 1.165) is 16.8 Å². The largest absolute Gasteiger partial charge is 0.493 e. The van der Waals surface area contributed by atoms with Crippen LogP contribution in [0.2, 0.25) is 5.02 Å². The summed E-state index contributed by atoms with van der Waals surface area (Å²) in [7, 11) is 3.10. The topological polar surface area (TPSA) is 88.4 Å². The first-order chi connectivity index (χ1) is 13.9. The van der Waals surface area contributed by atoms with Gasteiger partial charge in [-0.3, -0.25) is 9.59 Å². The number of carboxylic acids is 1. The van der Waals surface area contributed by atoms with Gasteiger partial charge in [-0.15, -0.1) is 0 Å². The second-order valence-corrected chi connectivity index (χ2v) is 6.96. The number of carboxylic acid groups (broad SMARTS) is 1. The van der Waals surface area contributed by atoms with Crippen LogP contribution in [0.25, 0.3) is 0 Å². The molecular formula is C21H21ClN2O5. The van der Waals surface area contributed by atoms with Crippen LogP contribution >= 0.6 is 11.6 Å². The summed E-state index contributed by atoms with van der Waals surface area (Å²) in [4.78, 5) is 23.6. The van der Waals surface area contributed by atoms with Gasteiger partial charge >= 0.3 is 5.97 Å². The molecule has 1 heterocycles. The first-order valence-electron chi connectivity index (χ1n) is 9.02. The molecule has 0 fully saturated rings. The highest BCUT2D eigenvalue weighted by molar-refractivity contribution is 6.30. The molecular weight excluding hydrogens is 396 g/mol. The number of hydrazone groups is 1. The summed E-state index contributed by atoms with van der Waals surface area (Å²) in [6, 6.07) is 12.3. The summed E-state index contributed by atoms with van der Waals surface area (Å²) in [5.74, 6) is -0.252. The molecule has 0 unspecified atom stereocenters. The number of hydrogen-bond acceptors (Lipinski definition) is 5. The Kier molecular flexibility index (Phi) is 6.39. The molecule has 1 aliphatic heterocycles. The number of nitrogens with zero attached hydrogens (tertiary/aromatic N) is 2. The van der Waals surface area contributed by atoms with E-state index in [4.69, 9.17) is 26.2 Å². The van der Waals surface area contributed by atoms with Crippen molar-refractivity contribution in [2.24, 2.45) is 5.10 Å². The fourth-order valence-corrected chi connectivity index (χ4v) is 3.33. The van der Waals surface area contributed by atoms with Crippen molar-refractivity contribution < 1.29 is 24.2 Å². The first kappa shape index (κ1) is 20.7. The van der Waals surface area contributed by atoms with Crippen LogP contribution in [0.1, 0.15) is 36.4 Å². The number of hydrogen-bond donors (Lipinski definition) is 1. The van der Waals surface area contributed by atoms with Gasteiger partial charge < -0.3 is 14.6 Å². The van der Waals surface area contributed by atoms with Crippen molar-refractivity contribution in [3.63, 3.8) is 0 Å². The number of benzene rings is 2. The van der Waals surface area contributed by atoms with Gasteiger partial charge in [0.15, 0.2) is 11.5 Å². The Morgan fingerprint density at radius 2 is 1.79 bits per heavy atom. The van der Waals surface area contributed by atoms with Crippen LogP contribution in [0.3, 0.4) is 0 Å². The average Bonchev–Trinajstić information content (AvgIpc) is 3.17. The van der Waals surface area contributed by atoms with Gasteiger partial charge in [0.05, 0.1) is 32.4 Å². The van der Waals surface area contributed by atoms with Gasteiger partial charge in [0, 0.05) is 17.9 Å². The molecule has 152 valence electrons. The number of rotatable bonds is 7. The summed E-state index contributed by atoms with van der Waals surface area (Å²) in [5, 5.41) is 15.4. The van der Waals surface area contributed by atoms with E-state index in [9.17, 15) is 9.59 Å². The van der Waals surface area contributed by atoms with Crippen LogP contribution in [-0.4, -0.2) is 41.9 Å². The van der Waals surface area contributed by atoms with E-state index in [1.54, 1.807) is 38.5 Å². The third-order valence-electron chi connectivity index (χ3n) is 4.69. The second kappa shape index (κ2) is 8.96. The quantitative estimate of drug-likeness (QED) is 0.739. The van der Waals surface area contributed by atoms with E-state index < -0.39 is 5.97 Å². The molecule has 1 amide bonds. The van der Waals surface area contributed by atoms with Gasteiger partial charge in [-0.1, -0.05) is 29.8 Å². The zero-order valence-electron chi connectivity index (χ0n) is 16.1. The van der Waals surface area contributed by atoms with E-state index in [1.165, 1.54) is 5.01 Å². The van der Waals surface area contributed by atoms with Crippen LogP contribution in [0.4, 0.5) is 0 Å². The van der Waals surface area contributed by atoms with Crippen molar-refractivity contribution in [2.45, 2.75) is 25.3 Å². The number of amides is 1. The van der Waals surface area contributed by atoms with Crippen molar-refractivity contribution in [3.8, 4) is 11.5 Å². The maximum atomic E-state index is 12.7. The highest BCUT2D eigenvalue weighted by Gasteiger charge is 2.33. The number of ether oxygens (including phenoxy) is 2. The molecule has 0 aliphatic carbocycles. The molecule has 1 atom stereocenters. The van der Waals surface area contributed by atoms with Gasteiger partial charge in [0.25, 0.3) is 0 Å². The molecule has 0 saturated carbocycles. The van der Waals surface area contributed by atoms with Crippen molar-refractivity contribution in [1.29, 1.82) is 0 Å². The SMILES string of the molecule is COc1ccc([C@H]2CC(c3ccc(Cl)cc3)=NN2C(=O)CCC(=O)O)cc1OC. The van der Waals surface area contributed by atoms with Crippen LogP contribution in [0, 0.1) is 0 Å². The molecule has 0 saturated heterocycles. The molecule has 29 heavy (non-hydrogen) atoms. The Morgan fingerprint density at radius 3 is 2.41 bits per heavy atom. The van der Waals surface area contributed by atoms with Crippen molar-refractivity contribution >= 4 is 29.2 Å². The Hall–Kier alpha value is -3.06. The number of carbonyl (C=O) groups excluding carboxylic acids is 1. The van der Waals surface area contributed by atoms with Crippen molar-refractivity contribution in [3.05, 3.63) is 58.6 Å². The Bertz CT molecular complexity index is 943. The van der Waals surface area contributed by atoms with Crippen LogP contribution in [0.15, 0.2) is 47.6 Å². The first-order valence-corrected chi connectivity index (χ1v) is 9.40. The Morgan fingerprint density at radius 1 is 1.10 bits per heavy atom. The predicted molar refractivity (Wildman–Crippen MR) is 109 cm³/mol. The van der Waals surface area contributed by atoms with Gasteiger partial charge in [-0.2, -0.15) is 5.10 Å². The molecule has 0 bridgehead atoms. The zero-order valence-corrected chi connectivity index (χ0v) is 16.8. The molecule has 0 radical (unpaired) electrons. The monoisotopic (exact) mass is 416 g/mol. The lowest BCUT2D eigenvalue weighted by atomic mass is 9.98. The summed E-state index contributed by atoms with van der Waals surface area (Å²) >= 11 is 5.97. The molecule has 0 spiro atoms. The highest BCUT2D eigenvalue weighted by atomic mass is 35.5. The number of methoxy groups -OCH3 is 2. The van der Waals surface area contributed by atoms with E-state index in [2.05, 4.69) is 5.10 Å². The average molecular weight is 417 g/mol. The molecule has 1 N–H and O–H groups in total. The molecule has 2 aromatic carbocycles. The van der Waals surface area contributed by atoms with Gasteiger partial charge in [0.2, 0.25) is 5.91 Å². The second-order valence-electron chi connectivity index (χ2n) is 6.52. The minimum Gasteiger partial charge on any atom is -0.493 e. The van der Waals surface area contributed by atoms with Gasteiger partial charge in [0.1, 0.15) is 0 Å². The smallest absolute Gasteiger partial charge is 0.303 e. The van der Waals surface area contributed by atoms with Gasteiger partial charge in [-0.25, -0.2) is 5.01 Å². The lowest BCUT2D eigenvalue weighted by molar-refractivity contribution is -0.141. The summed E-state index contributed by atoms with van der Waals surface area (Å²) in [6.07, 6.45) is 0.103. The van der Waals surface area contributed by atoms with Crippen LogP contribution in [0.5, 0.6) is 11.5 Å². The third kappa shape index (κ3) is 4.68. The molecule has 3 rings (SSSR count). The molecule has 0 aromatic heterocycles. The normalized spacial score (nSPS) is 15.8. The van der Waals surface area contributed by atoms with E-state index in [-0.39, 0.29) is 24.8 Å². The van der Waals surface area contributed by atoms with E-state index >= 15 is 0 Å². The fourth-order valence-electron chi connectivity index (χ4n) is 3.21. The fraction of sp³-hybridized carbons (Fsp3) is 0.286. The summed E-state index contributed by atoms with van der Waals surface area (Å²) in [6.45, 7) is 0. The maximum Gasteiger partial charge on any atom is 0.303 e. The molecule has 2 aromatic rings. The van der Waals surface area contributed by atoms with Crippen molar-refractivity contribution in [2.75, 3.05) is 14.2 Å². The molecule has 1 aliphatic rings. The lowest BCUT2D eigenvalue weighted by Gasteiger charge is -2.22. The zero-order chi connectivity index (χ0) is 21.0. The minimum absolute atomic E-state index is 0.128. The highest BCUT2D eigenvalue weighted by Crippen LogP contribution is 2.37. The number of halogens is 1. The Balaban J connectivity index is 1.94. The Labute approximate surface area is 173 Å². The van der Waals surface area contributed by atoms with Crippen LogP contribution < -0.4 is 9.47 Å². The van der Waals surface area contributed by atoms with Crippen molar-refractivity contribution in [1.82, 2.24) is 5.01 Å². The number of carbonyl (C=O) groups is 2. The minimum atomic E-state index is -1.03. The van der Waals surface area contributed by atoms with Crippen LogP contribution in [-0.2, 0) is 9.59 Å². The standard InChI is InChI=1S/C21H21ClN2O5/c1-28-18-8-5-14(11-19(18)29-2)17-12-16(13-3-6-15(22)7-4-13)23-24(17)20(25)9-10-21(26)27/h3-8,11,17H,9-10,12H2,1-2H3,(H,26,27)/t17-/m1/s1. The molecule has 8 heteroatoms. The van der Waals surface area contributed by atoms with E-state index in [0.29, 0.717) is 22.9 Å². The lowest BCUT2D eigenvalue weighted by Crippen LogP contribution is -2.27. The molecule has 7 nitrogen and oxygen atoms in total. The maximum absolute atomic E-state index is 12.7. The summed E-state index contributed by atoms with van der Waals surface area (Å²) < 4.78 is 10.7. The predicted octanol–water partition coefficient (Wildman–Crippen LogP) is 3.90. The number of aliphatic carboxylic acids is 1.